The van der Waals surface area contributed by atoms with Gasteiger partial charge in [0.2, 0.25) is 0 Å². The second-order valence-electron chi connectivity index (χ2n) is 8.65. The molecule has 2 aromatic rings. The maximum absolute atomic E-state index is 15.0. The lowest BCUT2D eigenvalue weighted by Crippen LogP contribution is -2.54. The van der Waals surface area contributed by atoms with Gasteiger partial charge in [0.15, 0.2) is 5.82 Å². The van der Waals surface area contributed by atoms with E-state index in [2.05, 4.69) is 62.2 Å². The Balaban J connectivity index is 1.65. The van der Waals surface area contributed by atoms with E-state index in [9.17, 15) is 4.39 Å². The van der Waals surface area contributed by atoms with Gasteiger partial charge in [-0.15, -0.1) is 0 Å². The number of nitrogens with zero attached hydrogens (tertiary/aromatic N) is 4. The number of fused-ring (bicyclic) bond motifs is 1. The molecule has 4 rings (SSSR count). The van der Waals surface area contributed by atoms with Gasteiger partial charge in [-0.25, -0.2) is 4.39 Å². The van der Waals surface area contributed by atoms with Gasteiger partial charge >= 0.3 is 6.01 Å². The summed E-state index contributed by atoms with van der Waals surface area (Å²) in [6, 6.07) is 2.21. The first-order valence-corrected chi connectivity index (χ1v) is 11.6. The number of anilines is 1. The third-order valence-electron chi connectivity index (χ3n) is 6.70. The smallest absolute Gasteiger partial charge is 0.319 e. The van der Waals surface area contributed by atoms with E-state index in [-0.39, 0.29) is 21.5 Å². The second kappa shape index (κ2) is 8.73. The van der Waals surface area contributed by atoms with Crippen molar-refractivity contribution >= 4 is 44.3 Å². The highest BCUT2D eigenvalue weighted by atomic mass is 79.9. The lowest BCUT2D eigenvalue weighted by molar-refractivity contribution is 0.0738. The quantitative estimate of drug-likeness (QED) is 0.563. The number of likely N-dealkylation sites (tertiary alicyclic amines) is 1. The first kappa shape index (κ1) is 22.0. The van der Waals surface area contributed by atoms with Gasteiger partial charge in [-0.3, -0.25) is 0 Å². The Kier molecular flexibility index (Phi) is 6.40. The normalized spacial score (nSPS) is 21.2. The van der Waals surface area contributed by atoms with Crippen molar-refractivity contribution in [3.63, 3.8) is 0 Å². The fraction of sp³-hybridized carbons (Fsp3) is 0.619. The summed E-state index contributed by atoms with van der Waals surface area (Å²) in [6.07, 6.45) is 5.68. The zero-order valence-electron chi connectivity index (χ0n) is 17.6. The number of hydrogen-bond acceptors (Lipinski definition) is 6. The van der Waals surface area contributed by atoms with Gasteiger partial charge in [-0.05, 0) is 81.8 Å². The van der Waals surface area contributed by atoms with Crippen LogP contribution in [0.4, 0.5) is 10.2 Å². The lowest BCUT2D eigenvalue weighted by atomic mass is 9.75. The summed E-state index contributed by atoms with van der Waals surface area (Å²) in [5, 5.41) is 4.28. The summed E-state index contributed by atoms with van der Waals surface area (Å²) in [4.78, 5) is 13.5. The Morgan fingerprint density at radius 3 is 2.73 bits per heavy atom. The molecule has 1 aromatic carbocycles. The van der Waals surface area contributed by atoms with Crippen LogP contribution in [-0.4, -0.2) is 72.2 Å². The molecule has 0 spiro atoms. The van der Waals surface area contributed by atoms with Crippen LogP contribution in [-0.2, 0) is 0 Å². The molecule has 1 saturated heterocycles. The number of aromatic nitrogens is 2. The molecule has 2 aliphatic rings. The van der Waals surface area contributed by atoms with Gasteiger partial charge < -0.3 is 19.9 Å². The van der Waals surface area contributed by atoms with Gasteiger partial charge in [0.05, 0.1) is 9.50 Å². The maximum atomic E-state index is 15.0. The van der Waals surface area contributed by atoms with Crippen molar-refractivity contribution in [1.29, 1.82) is 0 Å². The molecule has 0 bridgehead atoms. The van der Waals surface area contributed by atoms with Crippen LogP contribution in [0.3, 0.4) is 0 Å². The molecule has 1 saturated carbocycles. The number of ether oxygens (including phenoxy) is 1. The Hall–Kier alpha value is -1.22. The van der Waals surface area contributed by atoms with Crippen molar-refractivity contribution in [2.45, 2.75) is 43.7 Å². The van der Waals surface area contributed by atoms with Crippen LogP contribution in [0.1, 0.15) is 32.1 Å². The summed E-state index contributed by atoms with van der Waals surface area (Å²) in [6.45, 7) is 2.26. The molecule has 0 unspecified atom stereocenters. The molecule has 1 aliphatic heterocycles. The number of likely N-dealkylation sites (N-methyl/N-ethyl adjacent to an activating group) is 2. The van der Waals surface area contributed by atoms with Crippen molar-refractivity contribution in [3.8, 4) is 6.01 Å². The molecule has 2 heterocycles. The number of hydrogen-bond donors (Lipinski definition) is 1. The van der Waals surface area contributed by atoms with Gasteiger partial charge in [-0.2, -0.15) is 9.97 Å². The molecule has 1 atom stereocenters. The summed E-state index contributed by atoms with van der Waals surface area (Å²) < 4.78 is 21.1. The van der Waals surface area contributed by atoms with E-state index in [0.29, 0.717) is 35.4 Å². The number of benzene rings is 1. The van der Waals surface area contributed by atoms with Gasteiger partial charge in [0.1, 0.15) is 17.9 Å². The van der Waals surface area contributed by atoms with E-state index >= 15 is 0 Å². The van der Waals surface area contributed by atoms with Gasteiger partial charge in [0.25, 0.3) is 0 Å². The first-order chi connectivity index (χ1) is 14.3. The average molecular weight is 501 g/mol. The monoisotopic (exact) mass is 499 g/mol. The summed E-state index contributed by atoms with van der Waals surface area (Å²) in [5.74, 6) is 0.0490. The standard InChI is InChI=1S/C21H28BrClFN5O/c1-28(2)21(7-5-8-21)12-25-19-14-10-15(23)16(22)17(24)18(14)26-20(27-19)30-11-13-6-4-9-29(13)3/h10,13H,4-9,11-12H2,1-3H3,(H,25,26,27)/t13-/m0/s1. The molecule has 2 fully saturated rings. The molecule has 1 aromatic heterocycles. The molecule has 164 valence electrons. The fourth-order valence-electron chi connectivity index (χ4n) is 4.33. The SMILES string of the molecule is CN1CCC[C@H]1COc1nc(NCC2(N(C)C)CCC2)c2cc(Cl)c(Br)c(F)c2n1. The van der Waals surface area contributed by atoms with Crippen LogP contribution >= 0.6 is 27.5 Å². The largest absolute Gasteiger partial charge is 0.462 e. The second-order valence-corrected chi connectivity index (χ2v) is 9.85. The van der Waals surface area contributed by atoms with E-state index in [1.165, 1.54) is 6.42 Å². The fourth-order valence-corrected chi connectivity index (χ4v) is 4.82. The third-order valence-corrected chi connectivity index (χ3v) is 8.00. The Labute approximate surface area is 190 Å². The highest BCUT2D eigenvalue weighted by molar-refractivity contribution is 9.10. The molecule has 0 radical (unpaired) electrons. The van der Waals surface area contributed by atoms with E-state index in [1.54, 1.807) is 6.07 Å². The van der Waals surface area contributed by atoms with Crippen LogP contribution in [0.25, 0.3) is 10.9 Å². The zero-order valence-corrected chi connectivity index (χ0v) is 20.0. The Bertz CT molecular complexity index is 939. The molecular formula is C21H28BrClFN5O. The number of nitrogens with one attached hydrogen (secondary N) is 1. The van der Waals surface area contributed by atoms with E-state index < -0.39 is 5.82 Å². The number of halogens is 3. The predicted octanol–water partition coefficient (Wildman–Crippen LogP) is 4.55. The third kappa shape index (κ3) is 4.11. The zero-order chi connectivity index (χ0) is 21.5. The Morgan fingerprint density at radius 1 is 1.37 bits per heavy atom. The van der Waals surface area contributed by atoms with Crippen LogP contribution in [0, 0.1) is 5.82 Å². The van der Waals surface area contributed by atoms with Crippen LogP contribution in [0.5, 0.6) is 6.01 Å². The molecular weight excluding hydrogens is 473 g/mol. The maximum Gasteiger partial charge on any atom is 0.319 e. The average Bonchev–Trinajstić information content (AvgIpc) is 3.09. The van der Waals surface area contributed by atoms with Crippen molar-refractivity contribution in [2.24, 2.45) is 0 Å². The van der Waals surface area contributed by atoms with Crippen molar-refractivity contribution in [1.82, 2.24) is 19.8 Å². The molecule has 1 N–H and O–H groups in total. The van der Waals surface area contributed by atoms with Crippen LogP contribution in [0.2, 0.25) is 5.02 Å². The van der Waals surface area contributed by atoms with Crippen LogP contribution < -0.4 is 10.1 Å². The highest BCUT2D eigenvalue weighted by Gasteiger charge is 2.39. The molecule has 6 nitrogen and oxygen atoms in total. The Morgan fingerprint density at radius 2 is 2.13 bits per heavy atom. The highest BCUT2D eigenvalue weighted by Crippen LogP contribution is 2.38. The molecule has 9 heteroatoms. The van der Waals surface area contributed by atoms with E-state index in [0.717, 1.165) is 32.2 Å². The molecule has 1 aliphatic carbocycles. The summed E-state index contributed by atoms with van der Waals surface area (Å²) in [7, 11) is 6.28. The minimum Gasteiger partial charge on any atom is -0.462 e. The van der Waals surface area contributed by atoms with Gasteiger partial charge in [-0.1, -0.05) is 11.6 Å². The number of rotatable bonds is 7. The van der Waals surface area contributed by atoms with Crippen molar-refractivity contribution in [3.05, 3.63) is 21.4 Å². The first-order valence-electron chi connectivity index (χ1n) is 10.4. The minimum atomic E-state index is -0.503. The topological polar surface area (TPSA) is 53.5 Å². The summed E-state index contributed by atoms with van der Waals surface area (Å²) in [5.41, 5.74) is 0.286. The predicted molar refractivity (Wildman–Crippen MR) is 122 cm³/mol. The summed E-state index contributed by atoms with van der Waals surface area (Å²) >= 11 is 9.45. The van der Waals surface area contributed by atoms with Gasteiger partial charge in [0, 0.05) is 23.5 Å². The molecule has 30 heavy (non-hydrogen) atoms. The molecule has 0 amide bonds. The minimum absolute atomic E-state index is 0.0859. The van der Waals surface area contributed by atoms with Crippen LogP contribution in [0.15, 0.2) is 10.5 Å². The van der Waals surface area contributed by atoms with Crippen molar-refractivity contribution < 1.29 is 9.13 Å². The van der Waals surface area contributed by atoms with E-state index in [1.807, 2.05) is 0 Å². The van der Waals surface area contributed by atoms with E-state index in [4.69, 9.17) is 16.3 Å². The van der Waals surface area contributed by atoms with Crippen molar-refractivity contribution in [2.75, 3.05) is 46.2 Å². The lowest BCUT2D eigenvalue weighted by Gasteiger charge is -2.47.